The second-order valence-corrected chi connectivity index (χ2v) is 4.10. The van der Waals surface area contributed by atoms with Crippen molar-refractivity contribution >= 4 is 18.2 Å². The Kier molecular flexibility index (Phi) is 2.06. The van der Waals surface area contributed by atoms with E-state index in [1.165, 1.54) is 7.11 Å². The summed E-state index contributed by atoms with van der Waals surface area (Å²) < 4.78 is 9.71. The summed E-state index contributed by atoms with van der Waals surface area (Å²) in [6, 6.07) is 0. The molecule has 2 atom stereocenters. The SMILES string of the molecule is COC(=O)C12CCCC1(C=O)CC(=O)O2. The Bertz CT molecular complexity index is 337. The van der Waals surface area contributed by atoms with E-state index in [0.29, 0.717) is 25.5 Å². The van der Waals surface area contributed by atoms with E-state index in [0.717, 1.165) is 0 Å². The Hall–Kier alpha value is -1.39. The predicted octanol–water partition coefficient (Wildman–Crippen LogP) is 0.214. The molecule has 1 aliphatic carbocycles. The Labute approximate surface area is 86.7 Å². The molecule has 2 unspecified atom stereocenters. The van der Waals surface area contributed by atoms with Gasteiger partial charge in [0.2, 0.25) is 5.60 Å². The number of methoxy groups -OCH3 is 1. The Morgan fingerprint density at radius 2 is 2.27 bits per heavy atom. The normalized spacial score (nSPS) is 38.3. The molecule has 0 aromatic carbocycles. The fourth-order valence-corrected chi connectivity index (χ4v) is 2.68. The smallest absolute Gasteiger partial charge is 0.351 e. The van der Waals surface area contributed by atoms with Crippen LogP contribution in [0.15, 0.2) is 0 Å². The summed E-state index contributed by atoms with van der Waals surface area (Å²) in [4.78, 5) is 34.1. The largest absolute Gasteiger partial charge is 0.466 e. The van der Waals surface area contributed by atoms with Crippen molar-refractivity contribution in [3.8, 4) is 0 Å². The first kappa shape index (κ1) is 10.1. The van der Waals surface area contributed by atoms with Crippen LogP contribution in [0.25, 0.3) is 0 Å². The summed E-state index contributed by atoms with van der Waals surface area (Å²) >= 11 is 0. The third-order valence-electron chi connectivity index (χ3n) is 3.44. The second-order valence-electron chi connectivity index (χ2n) is 4.10. The third kappa shape index (κ3) is 1.06. The predicted molar refractivity (Wildman–Crippen MR) is 47.8 cm³/mol. The van der Waals surface area contributed by atoms with Crippen molar-refractivity contribution < 1.29 is 23.9 Å². The lowest BCUT2D eigenvalue weighted by Crippen LogP contribution is -2.49. The van der Waals surface area contributed by atoms with Crippen molar-refractivity contribution in [3.63, 3.8) is 0 Å². The molecule has 0 amide bonds. The van der Waals surface area contributed by atoms with Crippen LogP contribution in [0, 0.1) is 5.41 Å². The summed E-state index contributed by atoms with van der Waals surface area (Å²) in [6.07, 6.45) is 2.26. The van der Waals surface area contributed by atoms with E-state index in [1.54, 1.807) is 0 Å². The molecule has 0 spiro atoms. The van der Waals surface area contributed by atoms with Crippen LogP contribution in [0.4, 0.5) is 0 Å². The number of hydrogen-bond acceptors (Lipinski definition) is 5. The maximum atomic E-state index is 11.7. The number of rotatable bonds is 2. The lowest BCUT2D eigenvalue weighted by atomic mass is 9.75. The standard InChI is InChI=1S/C10H12O5/c1-14-8(13)10-4-2-3-9(10,6-11)5-7(12)15-10/h6H,2-5H2,1H3. The summed E-state index contributed by atoms with van der Waals surface area (Å²) in [5.41, 5.74) is -2.34. The minimum absolute atomic E-state index is 0.00833. The van der Waals surface area contributed by atoms with Crippen LogP contribution >= 0.6 is 0 Å². The van der Waals surface area contributed by atoms with Crippen molar-refractivity contribution in [2.24, 2.45) is 5.41 Å². The van der Waals surface area contributed by atoms with Gasteiger partial charge in [-0.05, 0) is 19.3 Å². The van der Waals surface area contributed by atoms with E-state index < -0.39 is 23.0 Å². The van der Waals surface area contributed by atoms with Gasteiger partial charge in [-0.15, -0.1) is 0 Å². The highest BCUT2D eigenvalue weighted by molar-refractivity contribution is 5.95. The number of carbonyl (C=O) groups excluding carboxylic acids is 3. The number of hydrogen-bond donors (Lipinski definition) is 0. The van der Waals surface area contributed by atoms with Crippen molar-refractivity contribution in [1.29, 1.82) is 0 Å². The summed E-state index contributed by atoms with van der Waals surface area (Å²) in [5.74, 6) is -1.11. The summed E-state index contributed by atoms with van der Waals surface area (Å²) in [5, 5.41) is 0. The van der Waals surface area contributed by atoms with E-state index in [9.17, 15) is 14.4 Å². The highest BCUT2D eigenvalue weighted by Gasteiger charge is 2.68. The molecule has 2 rings (SSSR count). The van der Waals surface area contributed by atoms with E-state index in [2.05, 4.69) is 4.74 Å². The van der Waals surface area contributed by atoms with Crippen molar-refractivity contribution in [2.75, 3.05) is 7.11 Å². The lowest BCUT2D eigenvalue weighted by Gasteiger charge is -2.30. The molecular weight excluding hydrogens is 200 g/mol. The molecule has 2 fully saturated rings. The molecule has 82 valence electrons. The minimum Gasteiger partial charge on any atom is -0.466 e. The van der Waals surface area contributed by atoms with Crippen molar-refractivity contribution in [3.05, 3.63) is 0 Å². The van der Waals surface area contributed by atoms with Crippen LogP contribution in [0.1, 0.15) is 25.7 Å². The first-order valence-corrected chi connectivity index (χ1v) is 4.87. The van der Waals surface area contributed by atoms with Crippen molar-refractivity contribution in [1.82, 2.24) is 0 Å². The maximum absolute atomic E-state index is 11.7. The molecule has 0 bridgehead atoms. The van der Waals surface area contributed by atoms with E-state index >= 15 is 0 Å². The zero-order valence-corrected chi connectivity index (χ0v) is 8.45. The van der Waals surface area contributed by atoms with Crippen LogP contribution in [0.5, 0.6) is 0 Å². The van der Waals surface area contributed by atoms with Crippen LogP contribution in [-0.4, -0.2) is 30.9 Å². The molecule has 15 heavy (non-hydrogen) atoms. The molecule has 5 nitrogen and oxygen atoms in total. The molecule has 2 aliphatic rings. The molecule has 1 saturated heterocycles. The average Bonchev–Trinajstić information content (AvgIpc) is 2.69. The van der Waals surface area contributed by atoms with Gasteiger partial charge in [0.05, 0.1) is 18.9 Å². The first-order chi connectivity index (χ1) is 7.10. The molecule has 0 radical (unpaired) electrons. The molecule has 5 heteroatoms. The minimum atomic E-state index is -1.35. The first-order valence-electron chi connectivity index (χ1n) is 4.87. The highest BCUT2D eigenvalue weighted by atomic mass is 16.6. The molecule has 0 aromatic rings. The molecule has 1 heterocycles. The van der Waals surface area contributed by atoms with Crippen LogP contribution in [0.3, 0.4) is 0 Å². The lowest BCUT2D eigenvalue weighted by molar-refractivity contribution is -0.178. The molecule has 1 aliphatic heterocycles. The zero-order chi connectivity index (χ0) is 11.1. The van der Waals surface area contributed by atoms with Gasteiger partial charge in [-0.2, -0.15) is 0 Å². The second kappa shape index (κ2) is 3.05. The molecule has 0 aromatic heterocycles. The van der Waals surface area contributed by atoms with Gasteiger partial charge in [-0.1, -0.05) is 0 Å². The Morgan fingerprint density at radius 3 is 2.87 bits per heavy atom. The van der Waals surface area contributed by atoms with E-state index in [1.807, 2.05) is 0 Å². The number of ether oxygens (including phenoxy) is 2. The van der Waals surface area contributed by atoms with Gasteiger partial charge in [-0.3, -0.25) is 4.79 Å². The van der Waals surface area contributed by atoms with Gasteiger partial charge in [0, 0.05) is 0 Å². The van der Waals surface area contributed by atoms with Gasteiger partial charge >= 0.3 is 11.9 Å². The third-order valence-corrected chi connectivity index (χ3v) is 3.44. The molecule has 0 N–H and O–H groups in total. The fourth-order valence-electron chi connectivity index (χ4n) is 2.68. The van der Waals surface area contributed by atoms with Crippen molar-refractivity contribution in [2.45, 2.75) is 31.3 Å². The van der Waals surface area contributed by atoms with E-state index in [4.69, 9.17) is 4.74 Å². The average molecular weight is 212 g/mol. The van der Waals surface area contributed by atoms with Gasteiger partial charge in [0.25, 0.3) is 0 Å². The monoisotopic (exact) mass is 212 g/mol. The quantitative estimate of drug-likeness (QED) is 0.483. The fraction of sp³-hybridized carbons (Fsp3) is 0.700. The van der Waals surface area contributed by atoms with Crippen LogP contribution in [0.2, 0.25) is 0 Å². The van der Waals surface area contributed by atoms with Gasteiger partial charge in [0.1, 0.15) is 6.29 Å². The Balaban J connectivity index is 2.47. The topological polar surface area (TPSA) is 69.7 Å². The van der Waals surface area contributed by atoms with Crippen LogP contribution < -0.4 is 0 Å². The van der Waals surface area contributed by atoms with Gasteiger partial charge < -0.3 is 14.3 Å². The maximum Gasteiger partial charge on any atom is 0.351 e. The highest BCUT2D eigenvalue weighted by Crippen LogP contribution is 2.54. The summed E-state index contributed by atoms with van der Waals surface area (Å²) in [6.45, 7) is 0. The summed E-state index contributed by atoms with van der Waals surface area (Å²) in [7, 11) is 1.23. The van der Waals surface area contributed by atoms with E-state index in [-0.39, 0.29) is 6.42 Å². The number of esters is 2. The zero-order valence-electron chi connectivity index (χ0n) is 8.45. The number of aldehydes is 1. The molecular formula is C10H12O5. The molecule has 1 saturated carbocycles. The number of fused-ring (bicyclic) bond motifs is 1. The van der Waals surface area contributed by atoms with Crippen LogP contribution in [-0.2, 0) is 23.9 Å². The van der Waals surface area contributed by atoms with Gasteiger partial charge in [-0.25, -0.2) is 4.79 Å². The van der Waals surface area contributed by atoms with Gasteiger partial charge in [0.15, 0.2) is 0 Å². The number of carbonyl (C=O) groups is 3. The Morgan fingerprint density at radius 1 is 1.53 bits per heavy atom.